The highest BCUT2D eigenvalue weighted by Gasteiger charge is 2.23. The Hall–Kier alpha value is -2.34. The van der Waals surface area contributed by atoms with E-state index >= 15 is 0 Å². The first-order chi connectivity index (χ1) is 12.3. The Morgan fingerprint density at radius 3 is 2.96 bits per heavy atom. The van der Waals surface area contributed by atoms with Gasteiger partial charge in [-0.3, -0.25) is 0 Å². The van der Waals surface area contributed by atoms with Gasteiger partial charge in [0.15, 0.2) is 11.5 Å². The van der Waals surface area contributed by atoms with Crippen molar-refractivity contribution in [2.45, 2.75) is 26.2 Å². The van der Waals surface area contributed by atoms with Crippen molar-refractivity contribution in [3.8, 4) is 11.5 Å². The van der Waals surface area contributed by atoms with Crippen molar-refractivity contribution in [2.24, 2.45) is 5.92 Å². The SMILES string of the molecule is C[C@H]1CCc2c(sc3ncnc(Nc4ccc5c(c4)OCCO5)c23)C1. The summed E-state index contributed by atoms with van der Waals surface area (Å²) >= 11 is 1.82. The predicted molar refractivity (Wildman–Crippen MR) is 99.3 cm³/mol. The molecule has 2 aliphatic rings. The summed E-state index contributed by atoms with van der Waals surface area (Å²) < 4.78 is 11.3. The van der Waals surface area contributed by atoms with Gasteiger partial charge in [0, 0.05) is 16.6 Å². The Morgan fingerprint density at radius 1 is 1.16 bits per heavy atom. The molecule has 0 bridgehead atoms. The quantitative estimate of drug-likeness (QED) is 0.743. The molecule has 1 atom stereocenters. The highest BCUT2D eigenvalue weighted by Crippen LogP contribution is 2.41. The number of thiophene rings is 1. The van der Waals surface area contributed by atoms with Gasteiger partial charge in [0.1, 0.15) is 30.2 Å². The van der Waals surface area contributed by atoms with Gasteiger partial charge in [-0.25, -0.2) is 9.97 Å². The zero-order valence-corrected chi connectivity index (χ0v) is 14.9. The molecule has 5 rings (SSSR count). The molecule has 3 aromatic rings. The largest absolute Gasteiger partial charge is 0.486 e. The van der Waals surface area contributed by atoms with Crippen molar-refractivity contribution in [2.75, 3.05) is 18.5 Å². The van der Waals surface area contributed by atoms with Gasteiger partial charge in [0.05, 0.1) is 5.39 Å². The summed E-state index contributed by atoms with van der Waals surface area (Å²) in [6.45, 7) is 3.52. The second kappa shape index (κ2) is 5.88. The molecule has 1 aromatic carbocycles. The van der Waals surface area contributed by atoms with Crippen LogP contribution in [0, 0.1) is 5.92 Å². The lowest BCUT2D eigenvalue weighted by atomic mass is 9.89. The van der Waals surface area contributed by atoms with Crippen molar-refractivity contribution in [1.29, 1.82) is 0 Å². The van der Waals surface area contributed by atoms with E-state index in [1.165, 1.54) is 22.2 Å². The first kappa shape index (κ1) is 15.0. The van der Waals surface area contributed by atoms with E-state index in [1.807, 2.05) is 29.5 Å². The molecule has 0 unspecified atom stereocenters. The summed E-state index contributed by atoms with van der Waals surface area (Å²) in [7, 11) is 0. The standard InChI is InChI=1S/C19H19N3O2S/c1-11-2-4-13-16(8-11)25-19-17(13)18(20-10-21-19)22-12-3-5-14-15(9-12)24-7-6-23-14/h3,5,9-11H,2,4,6-8H2,1H3,(H,20,21,22)/t11-/m0/s1. The lowest BCUT2D eigenvalue weighted by Crippen LogP contribution is -2.15. The van der Waals surface area contributed by atoms with E-state index in [4.69, 9.17) is 9.47 Å². The number of hydrogen-bond donors (Lipinski definition) is 1. The summed E-state index contributed by atoms with van der Waals surface area (Å²) in [6, 6.07) is 5.92. The van der Waals surface area contributed by atoms with Gasteiger partial charge in [0.2, 0.25) is 0 Å². The van der Waals surface area contributed by atoms with Crippen LogP contribution >= 0.6 is 11.3 Å². The van der Waals surface area contributed by atoms with Gasteiger partial charge in [-0.15, -0.1) is 11.3 Å². The van der Waals surface area contributed by atoms with Crippen LogP contribution in [0.4, 0.5) is 11.5 Å². The zero-order chi connectivity index (χ0) is 16.8. The van der Waals surface area contributed by atoms with E-state index < -0.39 is 0 Å². The summed E-state index contributed by atoms with van der Waals surface area (Å²) in [5, 5.41) is 4.65. The van der Waals surface area contributed by atoms with Crippen LogP contribution in [0.25, 0.3) is 10.2 Å². The van der Waals surface area contributed by atoms with Gasteiger partial charge in [-0.05, 0) is 42.9 Å². The maximum Gasteiger partial charge on any atom is 0.163 e. The fourth-order valence-electron chi connectivity index (χ4n) is 3.63. The number of anilines is 2. The number of rotatable bonds is 2. The fraction of sp³-hybridized carbons (Fsp3) is 0.368. The summed E-state index contributed by atoms with van der Waals surface area (Å²) in [4.78, 5) is 11.6. The second-order valence-electron chi connectivity index (χ2n) is 6.74. The van der Waals surface area contributed by atoms with Crippen molar-refractivity contribution in [3.05, 3.63) is 35.0 Å². The average Bonchev–Trinajstić information content (AvgIpc) is 3.00. The molecule has 1 aliphatic carbocycles. The molecular weight excluding hydrogens is 334 g/mol. The molecule has 128 valence electrons. The van der Waals surface area contributed by atoms with E-state index in [0.717, 1.165) is 46.6 Å². The second-order valence-corrected chi connectivity index (χ2v) is 7.82. The lowest BCUT2D eigenvalue weighted by Gasteiger charge is -2.20. The number of fused-ring (bicyclic) bond motifs is 4. The molecular formula is C19H19N3O2S. The topological polar surface area (TPSA) is 56.3 Å². The molecule has 6 heteroatoms. The summed E-state index contributed by atoms with van der Waals surface area (Å²) in [5.41, 5.74) is 2.38. The van der Waals surface area contributed by atoms with Crippen LogP contribution in [0.1, 0.15) is 23.8 Å². The van der Waals surface area contributed by atoms with E-state index in [-0.39, 0.29) is 0 Å². The molecule has 25 heavy (non-hydrogen) atoms. The Balaban J connectivity index is 1.55. The lowest BCUT2D eigenvalue weighted by molar-refractivity contribution is 0.171. The molecule has 5 nitrogen and oxygen atoms in total. The third-order valence-corrected chi connectivity index (χ3v) is 6.06. The van der Waals surface area contributed by atoms with E-state index in [0.29, 0.717) is 13.2 Å². The smallest absolute Gasteiger partial charge is 0.163 e. The van der Waals surface area contributed by atoms with Crippen LogP contribution in [0.15, 0.2) is 24.5 Å². The zero-order valence-electron chi connectivity index (χ0n) is 14.0. The summed E-state index contributed by atoms with van der Waals surface area (Å²) in [5.74, 6) is 3.21. The minimum atomic E-state index is 0.588. The maximum atomic E-state index is 5.68. The third-order valence-electron chi connectivity index (χ3n) is 4.90. The van der Waals surface area contributed by atoms with Gasteiger partial charge in [0.25, 0.3) is 0 Å². The number of nitrogens with zero attached hydrogens (tertiary/aromatic N) is 2. The molecule has 3 heterocycles. The van der Waals surface area contributed by atoms with Gasteiger partial charge in [-0.1, -0.05) is 6.92 Å². The van der Waals surface area contributed by atoms with Crippen molar-refractivity contribution >= 4 is 33.1 Å². The van der Waals surface area contributed by atoms with E-state index in [9.17, 15) is 0 Å². The molecule has 1 aliphatic heterocycles. The van der Waals surface area contributed by atoms with Crippen LogP contribution in [-0.2, 0) is 12.8 Å². The van der Waals surface area contributed by atoms with Gasteiger partial charge < -0.3 is 14.8 Å². The number of aryl methyl sites for hydroxylation is 1. The first-order valence-electron chi connectivity index (χ1n) is 8.70. The van der Waals surface area contributed by atoms with Crippen molar-refractivity contribution in [1.82, 2.24) is 9.97 Å². The molecule has 0 saturated heterocycles. The number of nitrogens with one attached hydrogen (secondary N) is 1. The normalized spacial score (nSPS) is 18.8. The van der Waals surface area contributed by atoms with Crippen LogP contribution in [0.3, 0.4) is 0 Å². The number of aromatic nitrogens is 2. The van der Waals surface area contributed by atoms with Crippen LogP contribution in [0.5, 0.6) is 11.5 Å². The van der Waals surface area contributed by atoms with Crippen molar-refractivity contribution < 1.29 is 9.47 Å². The number of hydrogen-bond acceptors (Lipinski definition) is 6. The molecule has 0 radical (unpaired) electrons. The predicted octanol–water partition coefficient (Wildman–Crippen LogP) is 4.33. The molecule has 0 spiro atoms. The Labute approximate surface area is 150 Å². The number of ether oxygens (including phenoxy) is 2. The maximum absolute atomic E-state index is 5.68. The monoisotopic (exact) mass is 353 g/mol. The highest BCUT2D eigenvalue weighted by molar-refractivity contribution is 7.19. The third kappa shape index (κ3) is 2.61. The molecule has 2 aromatic heterocycles. The van der Waals surface area contributed by atoms with Crippen molar-refractivity contribution in [3.63, 3.8) is 0 Å². The Morgan fingerprint density at radius 2 is 2.04 bits per heavy atom. The van der Waals surface area contributed by atoms with Gasteiger partial charge >= 0.3 is 0 Å². The Bertz CT molecular complexity index is 953. The Kier molecular flexibility index (Phi) is 3.52. The van der Waals surface area contributed by atoms with Crippen LogP contribution in [0.2, 0.25) is 0 Å². The van der Waals surface area contributed by atoms with Crippen LogP contribution in [-0.4, -0.2) is 23.2 Å². The van der Waals surface area contributed by atoms with Gasteiger partial charge in [-0.2, -0.15) is 0 Å². The highest BCUT2D eigenvalue weighted by atomic mass is 32.1. The number of benzene rings is 1. The molecule has 0 fully saturated rings. The van der Waals surface area contributed by atoms with E-state index in [2.05, 4.69) is 22.2 Å². The van der Waals surface area contributed by atoms with E-state index in [1.54, 1.807) is 6.33 Å². The first-order valence-corrected chi connectivity index (χ1v) is 9.51. The molecule has 0 saturated carbocycles. The minimum absolute atomic E-state index is 0.588. The fourth-order valence-corrected chi connectivity index (χ4v) is 4.98. The van der Waals surface area contributed by atoms with Crippen LogP contribution < -0.4 is 14.8 Å². The molecule has 0 amide bonds. The summed E-state index contributed by atoms with van der Waals surface area (Å²) in [6.07, 6.45) is 5.14. The minimum Gasteiger partial charge on any atom is -0.486 e. The molecule has 1 N–H and O–H groups in total. The average molecular weight is 353 g/mol.